The minimum Gasteiger partial charge on any atom is -0.378 e. The van der Waals surface area contributed by atoms with Crippen LogP contribution in [0.1, 0.15) is 27.2 Å². The van der Waals surface area contributed by atoms with E-state index in [1.807, 2.05) is 11.8 Å². The highest BCUT2D eigenvalue weighted by molar-refractivity contribution is 8.14. The maximum absolute atomic E-state index is 12.3. The number of aliphatic imine (C=N–C) groups is 1. The van der Waals surface area contributed by atoms with Crippen LogP contribution in [-0.2, 0) is 9.53 Å². The average Bonchev–Trinajstić information content (AvgIpc) is 2.37. The molecule has 0 aromatic carbocycles. The molecule has 0 aromatic heterocycles. The van der Waals surface area contributed by atoms with Crippen LogP contribution in [0, 0.1) is 0 Å². The van der Waals surface area contributed by atoms with Crippen LogP contribution >= 0.6 is 11.8 Å². The van der Waals surface area contributed by atoms with E-state index in [1.54, 1.807) is 11.8 Å². The largest absolute Gasteiger partial charge is 0.378 e. The van der Waals surface area contributed by atoms with Gasteiger partial charge in [-0.3, -0.25) is 9.79 Å². The number of ether oxygens (including phenoxy) is 1. The molecule has 108 valence electrons. The Labute approximate surface area is 119 Å². The van der Waals surface area contributed by atoms with Crippen molar-refractivity contribution in [2.24, 2.45) is 4.99 Å². The molecule has 0 radical (unpaired) electrons. The number of hydrogen-bond acceptors (Lipinski definition) is 5. The van der Waals surface area contributed by atoms with Gasteiger partial charge in [-0.1, -0.05) is 18.7 Å². The summed E-state index contributed by atoms with van der Waals surface area (Å²) < 4.78 is 5.27. The van der Waals surface area contributed by atoms with Crippen LogP contribution in [0.3, 0.4) is 0 Å². The Hall–Kier alpha value is -0.750. The predicted molar refractivity (Wildman–Crippen MR) is 78.6 cm³/mol. The number of nitrogens with one attached hydrogen (secondary N) is 1. The van der Waals surface area contributed by atoms with E-state index in [4.69, 9.17) is 4.74 Å². The van der Waals surface area contributed by atoms with Gasteiger partial charge in [0.1, 0.15) is 6.04 Å². The molecule has 6 heteroatoms. The lowest BCUT2D eigenvalue weighted by Gasteiger charge is -2.31. The van der Waals surface area contributed by atoms with Crippen molar-refractivity contribution >= 4 is 22.8 Å². The summed E-state index contributed by atoms with van der Waals surface area (Å²) in [4.78, 5) is 18.7. The number of carbonyl (C=O) groups excluding carboxylic acids is 1. The number of nitrogens with zero attached hydrogens (tertiary/aromatic N) is 2. The van der Waals surface area contributed by atoms with Gasteiger partial charge in [0.25, 0.3) is 0 Å². The van der Waals surface area contributed by atoms with Gasteiger partial charge in [0.05, 0.1) is 19.3 Å². The molecule has 0 saturated carbocycles. The van der Waals surface area contributed by atoms with Crippen molar-refractivity contribution in [2.75, 3.05) is 26.3 Å². The first kappa shape index (κ1) is 14.7. The zero-order valence-corrected chi connectivity index (χ0v) is 12.7. The molecule has 1 saturated heterocycles. The standard InChI is InChI=1S/C13H23N3O2S/c1-9-8-10(2)19-13(14-9)15-11(3)12(17)16-4-6-18-7-5-16/h9-11H,4-8H2,1-3H3,(H,14,15). The van der Waals surface area contributed by atoms with E-state index in [2.05, 4.69) is 24.2 Å². The first-order valence-electron chi connectivity index (χ1n) is 6.94. The minimum absolute atomic E-state index is 0.137. The summed E-state index contributed by atoms with van der Waals surface area (Å²) >= 11 is 1.73. The van der Waals surface area contributed by atoms with Gasteiger partial charge < -0.3 is 15.0 Å². The number of thioether (sulfide) groups is 1. The highest BCUT2D eigenvalue weighted by atomic mass is 32.2. The highest BCUT2D eigenvalue weighted by Crippen LogP contribution is 2.24. The van der Waals surface area contributed by atoms with Crippen LogP contribution in [0.15, 0.2) is 4.99 Å². The first-order chi connectivity index (χ1) is 9.06. The SMILES string of the molecule is CC1CC(C)SC(NC(C)C(=O)N2CCOCC2)=N1. The normalized spacial score (nSPS) is 29.6. The Morgan fingerprint density at radius 1 is 1.47 bits per heavy atom. The Morgan fingerprint density at radius 3 is 2.79 bits per heavy atom. The molecule has 0 aliphatic carbocycles. The Morgan fingerprint density at radius 2 is 2.16 bits per heavy atom. The summed E-state index contributed by atoms with van der Waals surface area (Å²) in [6, 6.07) is 0.117. The summed E-state index contributed by atoms with van der Waals surface area (Å²) in [7, 11) is 0. The molecule has 1 amide bonds. The predicted octanol–water partition coefficient (Wildman–Crippen LogP) is 1.09. The summed E-state index contributed by atoms with van der Waals surface area (Å²) in [5.74, 6) is 0.137. The smallest absolute Gasteiger partial charge is 0.244 e. The van der Waals surface area contributed by atoms with Crippen LogP contribution in [0.4, 0.5) is 0 Å². The molecule has 2 heterocycles. The zero-order valence-electron chi connectivity index (χ0n) is 11.9. The van der Waals surface area contributed by atoms with Crippen LogP contribution in [-0.4, -0.2) is 59.6 Å². The molecule has 2 aliphatic rings. The molecule has 5 nitrogen and oxygen atoms in total. The molecule has 19 heavy (non-hydrogen) atoms. The van der Waals surface area contributed by atoms with Crippen molar-refractivity contribution in [3.63, 3.8) is 0 Å². The fourth-order valence-corrected chi connectivity index (χ4v) is 3.62. The van der Waals surface area contributed by atoms with Gasteiger partial charge in [-0.25, -0.2) is 0 Å². The molecule has 3 unspecified atom stereocenters. The number of hydrogen-bond donors (Lipinski definition) is 1. The molecule has 2 aliphatic heterocycles. The lowest BCUT2D eigenvalue weighted by Crippen LogP contribution is -2.50. The van der Waals surface area contributed by atoms with Gasteiger partial charge in [0.2, 0.25) is 5.91 Å². The second-order valence-corrected chi connectivity index (χ2v) is 6.68. The number of amidine groups is 1. The number of rotatable bonds is 2. The molecule has 2 rings (SSSR count). The molecule has 0 bridgehead atoms. The fourth-order valence-electron chi connectivity index (χ4n) is 2.38. The Bertz CT molecular complexity index is 356. The summed E-state index contributed by atoms with van der Waals surface area (Å²) in [5, 5.41) is 4.72. The van der Waals surface area contributed by atoms with Crippen LogP contribution < -0.4 is 5.32 Å². The van der Waals surface area contributed by atoms with Crippen molar-refractivity contribution in [3.8, 4) is 0 Å². The molecule has 1 N–H and O–H groups in total. The highest BCUT2D eigenvalue weighted by Gasteiger charge is 2.25. The van der Waals surface area contributed by atoms with Gasteiger partial charge in [-0.05, 0) is 20.3 Å². The zero-order chi connectivity index (χ0) is 13.8. The quantitative estimate of drug-likeness (QED) is 0.825. The minimum atomic E-state index is -0.221. The van der Waals surface area contributed by atoms with Crippen molar-refractivity contribution in [3.05, 3.63) is 0 Å². The second kappa shape index (κ2) is 6.61. The maximum Gasteiger partial charge on any atom is 0.244 e. The summed E-state index contributed by atoms with van der Waals surface area (Å²) in [6.07, 6.45) is 1.10. The van der Waals surface area contributed by atoms with Crippen LogP contribution in [0.25, 0.3) is 0 Å². The molecule has 0 spiro atoms. The van der Waals surface area contributed by atoms with E-state index in [0.29, 0.717) is 37.6 Å². The third kappa shape index (κ3) is 4.11. The van der Waals surface area contributed by atoms with Gasteiger partial charge in [-0.2, -0.15) is 0 Å². The van der Waals surface area contributed by atoms with Crippen molar-refractivity contribution in [1.29, 1.82) is 0 Å². The topological polar surface area (TPSA) is 53.9 Å². The van der Waals surface area contributed by atoms with Gasteiger partial charge in [0.15, 0.2) is 5.17 Å². The van der Waals surface area contributed by atoms with E-state index in [0.717, 1.165) is 11.6 Å². The lowest BCUT2D eigenvalue weighted by molar-refractivity contribution is -0.136. The van der Waals surface area contributed by atoms with Crippen LogP contribution in [0.5, 0.6) is 0 Å². The van der Waals surface area contributed by atoms with Crippen molar-refractivity contribution < 1.29 is 9.53 Å². The average molecular weight is 285 g/mol. The summed E-state index contributed by atoms with van der Waals surface area (Å²) in [6.45, 7) is 8.89. The number of morpholine rings is 1. The van der Waals surface area contributed by atoms with Gasteiger partial charge in [0, 0.05) is 18.3 Å². The van der Waals surface area contributed by atoms with E-state index < -0.39 is 0 Å². The van der Waals surface area contributed by atoms with E-state index >= 15 is 0 Å². The maximum atomic E-state index is 12.3. The van der Waals surface area contributed by atoms with E-state index in [1.165, 1.54) is 0 Å². The monoisotopic (exact) mass is 285 g/mol. The first-order valence-corrected chi connectivity index (χ1v) is 7.81. The number of amides is 1. The van der Waals surface area contributed by atoms with Crippen molar-refractivity contribution in [2.45, 2.75) is 44.5 Å². The molecule has 1 fully saturated rings. The van der Waals surface area contributed by atoms with Crippen LogP contribution in [0.2, 0.25) is 0 Å². The third-order valence-electron chi connectivity index (χ3n) is 3.36. The third-order valence-corrected chi connectivity index (χ3v) is 4.40. The van der Waals surface area contributed by atoms with E-state index in [9.17, 15) is 4.79 Å². The van der Waals surface area contributed by atoms with Gasteiger partial charge in [-0.15, -0.1) is 0 Å². The lowest BCUT2D eigenvalue weighted by atomic mass is 10.2. The Kier molecular flexibility index (Phi) is 5.10. The Balaban J connectivity index is 1.89. The molecule has 0 aromatic rings. The summed E-state index contributed by atoms with van der Waals surface area (Å²) in [5.41, 5.74) is 0. The second-order valence-electron chi connectivity index (χ2n) is 5.25. The molecule has 3 atom stereocenters. The number of carbonyl (C=O) groups is 1. The fraction of sp³-hybridized carbons (Fsp3) is 0.846. The molecular weight excluding hydrogens is 262 g/mol. The molecular formula is C13H23N3O2S. The van der Waals surface area contributed by atoms with Gasteiger partial charge >= 0.3 is 0 Å². The van der Waals surface area contributed by atoms with Crippen molar-refractivity contribution in [1.82, 2.24) is 10.2 Å². The van der Waals surface area contributed by atoms with E-state index in [-0.39, 0.29) is 11.9 Å².